The smallest absolute Gasteiger partial charge is 0.270 e. The molecule has 0 aliphatic rings. The summed E-state index contributed by atoms with van der Waals surface area (Å²) in [5, 5.41) is 0. The highest BCUT2D eigenvalue weighted by Gasteiger charge is 2.20. The Hall–Kier alpha value is -1.30. The summed E-state index contributed by atoms with van der Waals surface area (Å²) in [6, 6.07) is 1.71. The van der Waals surface area contributed by atoms with E-state index < -0.39 is 0 Å². The van der Waals surface area contributed by atoms with Crippen molar-refractivity contribution >= 4 is 27.7 Å². The molecule has 0 fully saturated rings. The maximum atomic E-state index is 12.2. The zero-order chi connectivity index (χ0) is 13.7. The van der Waals surface area contributed by atoms with Gasteiger partial charge in [-0.05, 0) is 28.4 Å². The molecular formula is C12H18BrN3O2. The number of likely N-dealkylation sites (N-methyl/N-ethyl adjacent to an activating group) is 1. The number of amides is 2. The highest BCUT2D eigenvalue weighted by molar-refractivity contribution is 9.10. The van der Waals surface area contributed by atoms with E-state index in [9.17, 15) is 9.59 Å². The fourth-order valence-corrected chi connectivity index (χ4v) is 1.83. The van der Waals surface area contributed by atoms with Gasteiger partial charge in [-0.15, -0.1) is 0 Å². The number of hydrogen-bond donors (Lipinski definition) is 1. The molecule has 18 heavy (non-hydrogen) atoms. The van der Waals surface area contributed by atoms with Crippen LogP contribution in [0.1, 0.15) is 23.8 Å². The van der Waals surface area contributed by atoms with Gasteiger partial charge in [0.15, 0.2) is 0 Å². The summed E-state index contributed by atoms with van der Waals surface area (Å²) in [7, 11) is 3.37. The fraction of sp³-hybridized carbons (Fsp3) is 0.500. The van der Waals surface area contributed by atoms with Gasteiger partial charge in [-0.25, -0.2) is 0 Å². The summed E-state index contributed by atoms with van der Waals surface area (Å²) >= 11 is 3.29. The number of aromatic amines is 1. The van der Waals surface area contributed by atoms with Gasteiger partial charge >= 0.3 is 0 Å². The molecule has 0 spiro atoms. The van der Waals surface area contributed by atoms with Gasteiger partial charge in [-0.1, -0.05) is 6.92 Å². The molecule has 0 aromatic carbocycles. The minimum Gasteiger partial charge on any atom is -0.356 e. The Bertz CT molecular complexity index is 429. The predicted molar refractivity (Wildman–Crippen MR) is 73.4 cm³/mol. The lowest BCUT2D eigenvalue weighted by molar-refractivity contribution is -0.129. The van der Waals surface area contributed by atoms with Gasteiger partial charge in [-0.2, -0.15) is 0 Å². The van der Waals surface area contributed by atoms with Gasteiger partial charge in [0, 0.05) is 31.3 Å². The minimum absolute atomic E-state index is 0.0811. The van der Waals surface area contributed by atoms with E-state index in [4.69, 9.17) is 0 Å². The summed E-state index contributed by atoms with van der Waals surface area (Å²) < 4.78 is 0.821. The molecule has 0 aliphatic carbocycles. The number of H-pyrrole nitrogens is 1. The molecule has 1 heterocycles. The molecule has 1 aromatic rings. The van der Waals surface area contributed by atoms with Gasteiger partial charge in [0.2, 0.25) is 5.91 Å². The molecule has 0 saturated heterocycles. The first kappa shape index (κ1) is 14.8. The van der Waals surface area contributed by atoms with Crippen LogP contribution in [0.3, 0.4) is 0 Å². The Morgan fingerprint density at radius 3 is 2.50 bits per heavy atom. The molecule has 100 valence electrons. The van der Waals surface area contributed by atoms with E-state index in [0.29, 0.717) is 12.2 Å². The molecule has 0 radical (unpaired) electrons. The van der Waals surface area contributed by atoms with E-state index in [-0.39, 0.29) is 18.4 Å². The summed E-state index contributed by atoms with van der Waals surface area (Å²) in [5.41, 5.74) is 0.488. The predicted octanol–water partition coefficient (Wildman–Crippen LogP) is 1.72. The zero-order valence-corrected chi connectivity index (χ0v) is 12.5. The maximum Gasteiger partial charge on any atom is 0.270 e. The molecule has 0 bridgehead atoms. The Morgan fingerprint density at radius 2 is 2.06 bits per heavy atom. The third kappa shape index (κ3) is 3.87. The lowest BCUT2D eigenvalue weighted by Crippen LogP contribution is -2.40. The molecule has 0 unspecified atom stereocenters. The third-order valence-electron chi connectivity index (χ3n) is 2.48. The van der Waals surface area contributed by atoms with Crippen molar-refractivity contribution in [3.8, 4) is 0 Å². The SMILES string of the molecule is CCCN(CC(=O)N(C)C)C(=O)c1cc(Br)c[nH]1. The van der Waals surface area contributed by atoms with Crippen LogP contribution in [0.4, 0.5) is 0 Å². The second-order valence-corrected chi connectivity index (χ2v) is 5.16. The van der Waals surface area contributed by atoms with Crippen molar-refractivity contribution in [2.45, 2.75) is 13.3 Å². The number of nitrogens with zero attached hydrogens (tertiary/aromatic N) is 2. The number of carbonyl (C=O) groups excluding carboxylic acids is 2. The number of nitrogens with one attached hydrogen (secondary N) is 1. The average Bonchev–Trinajstić information content (AvgIpc) is 2.74. The molecular weight excluding hydrogens is 298 g/mol. The number of hydrogen-bond acceptors (Lipinski definition) is 2. The number of aromatic nitrogens is 1. The molecule has 6 heteroatoms. The second kappa shape index (κ2) is 6.58. The molecule has 0 atom stereocenters. The van der Waals surface area contributed by atoms with Gasteiger partial charge in [0.25, 0.3) is 5.91 Å². The molecule has 2 amide bonds. The number of rotatable bonds is 5. The van der Waals surface area contributed by atoms with Crippen LogP contribution in [0.15, 0.2) is 16.7 Å². The van der Waals surface area contributed by atoms with Crippen molar-refractivity contribution in [3.63, 3.8) is 0 Å². The van der Waals surface area contributed by atoms with Gasteiger partial charge in [0.05, 0.1) is 0 Å². The molecule has 0 aliphatic heterocycles. The normalized spacial score (nSPS) is 10.2. The lowest BCUT2D eigenvalue weighted by Gasteiger charge is -2.22. The summed E-state index contributed by atoms with van der Waals surface area (Å²) in [6.45, 7) is 2.65. The fourth-order valence-electron chi connectivity index (χ4n) is 1.49. The first-order chi connectivity index (χ1) is 8.45. The van der Waals surface area contributed by atoms with Crippen LogP contribution in [-0.4, -0.2) is 53.8 Å². The minimum atomic E-state index is -0.155. The summed E-state index contributed by atoms with van der Waals surface area (Å²) in [5.74, 6) is -0.236. The monoisotopic (exact) mass is 315 g/mol. The van der Waals surface area contributed by atoms with Crippen LogP contribution in [-0.2, 0) is 4.79 Å². The summed E-state index contributed by atoms with van der Waals surface area (Å²) in [6.07, 6.45) is 2.51. The standard InChI is InChI=1S/C12H18BrN3O2/c1-4-5-16(8-11(17)15(2)3)12(18)10-6-9(13)7-14-10/h6-7,14H,4-5,8H2,1-3H3. The van der Waals surface area contributed by atoms with Crippen molar-refractivity contribution < 1.29 is 9.59 Å². The van der Waals surface area contributed by atoms with E-state index in [1.165, 1.54) is 4.90 Å². The van der Waals surface area contributed by atoms with Crippen LogP contribution in [0.25, 0.3) is 0 Å². The largest absolute Gasteiger partial charge is 0.356 e. The quantitative estimate of drug-likeness (QED) is 0.899. The highest BCUT2D eigenvalue weighted by atomic mass is 79.9. The number of halogens is 1. The van der Waals surface area contributed by atoms with Gasteiger partial charge in [-0.3, -0.25) is 9.59 Å². The van der Waals surface area contributed by atoms with Crippen LogP contribution < -0.4 is 0 Å². The van der Waals surface area contributed by atoms with E-state index in [1.54, 1.807) is 31.3 Å². The van der Waals surface area contributed by atoms with Gasteiger partial charge in [0.1, 0.15) is 12.2 Å². The first-order valence-corrected chi connectivity index (χ1v) is 6.58. The molecule has 1 rings (SSSR count). The van der Waals surface area contributed by atoms with Crippen LogP contribution in [0, 0.1) is 0 Å². The van der Waals surface area contributed by atoms with E-state index >= 15 is 0 Å². The maximum absolute atomic E-state index is 12.2. The lowest BCUT2D eigenvalue weighted by atomic mass is 10.3. The average molecular weight is 316 g/mol. The highest BCUT2D eigenvalue weighted by Crippen LogP contribution is 2.12. The van der Waals surface area contributed by atoms with Crippen LogP contribution >= 0.6 is 15.9 Å². The Kier molecular flexibility index (Phi) is 5.40. The first-order valence-electron chi connectivity index (χ1n) is 5.79. The molecule has 1 aromatic heterocycles. The van der Waals surface area contributed by atoms with E-state index in [2.05, 4.69) is 20.9 Å². The molecule has 1 N–H and O–H groups in total. The Morgan fingerprint density at radius 1 is 1.39 bits per heavy atom. The van der Waals surface area contributed by atoms with E-state index in [0.717, 1.165) is 10.9 Å². The van der Waals surface area contributed by atoms with Crippen molar-refractivity contribution in [1.29, 1.82) is 0 Å². The van der Waals surface area contributed by atoms with E-state index in [1.807, 2.05) is 6.92 Å². The second-order valence-electron chi connectivity index (χ2n) is 4.25. The van der Waals surface area contributed by atoms with Crippen LogP contribution in [0.2, 0.25) is 0 Å². The van der Waals surface area contributed by atoms with Crippen LogP contribution in [0.5, 0.6) is 0 Å². The Balaban J connectivity index is 2.78. The van der Waals surface area contributed by atoms with Crippen molar-refractivity contribution in [2.75, 3.05) is 27.2 Å². The van der Waals surface area contributed by atoms with Crippen molar-refractivity contribution in [2.24, 2.45) is 0 Å². The zero-order valence-electron chi connectivity index (χ0n) is 10.9. The molecule has 5 nitrogen and oxygen atoms in total. The van der Waals surface area contributed by atoms with Gasteiger partial charge < -0.3 is 14.8 Å². The third-order valence-corrected chi connectivity index (χ3v) is 2.94. The summed E-state index contributed by atoms with van der Waals surface area (Å²) in [4.78, 5) is 29.8. The van der Waals surface area contributed by atoms with Crippen molar-refractivity contribution in [1.82, 2.24) is 14.8 Å². The topological polar surface area (TPSA) is 56.4 Å². The number of carbonyl (C=O) groups is 2. The van der Waals surface area contributed by atoms with Crippen molar-refractivity contribution in [3.05, 3.63) is 22.4 Å². The molecule has 0 saturated carbocycles. The Labute approximate surface area is 115 Å².